The molecule has 4 aliphatic rings. The van der Waals surface area contributed by atoms with Crippen LogP contribution in [0.15, 0.2) is 0 Å². The Hall–Kier alpha value is -1.53. The van der Waals surface area contributed by atoms with Crippen LogP contribution in [-0.2, 0) is 28.5 Å². The maximum Gasteiger partial charge on any atom is 0.220 e. The minimum Gasteiger partial charge on any atom is -0.394 e. The Kier molecular flexibility index (Phi) is 10.0. The Morgan fingerprint density at radius 1 is 0.975 bits per heavy atom. The molecule has 228 valence electrons. The molecule has 0 aromatic carbocycles. The van der Waals surface area contributed by atoms with Crippen molar-refractivity contribution in [3.63, 3.8) is 0 Å². The van der Waals surface area contributed by atoms with Gasteiger partial charge in [0.15, 0.2) is 24.4 Å². The van der Waals surface area contributed by atoms with Crippen LogP contribution in [0.3, 0.4) is 0 Å². The molecule has 0 aromatic rings. The van der Waals surface area contributed by atoms with Crippen LogP contribution in [0.25, 0.3) is 0 Å². The van der Waals surface area contributed by atoms with Crippen molar-refractivity contribution >= 4 is 5.91 Å². The number of hydrogen-bond acceptors (Lipinski definition) is 15. The molecule has 1 aliphatic carbocycles. The van der Waals surface area contributed by atoms with Gasteiger partial charge in [0.2, 0.25) is 5.91 Å². The molecule has 3 heterocycles. The smallest absolute Gasteiger partial charge is 0.220 e. The summed E-state index contributed by atoms with van der Waals surface area (Å²) in [5.74, 6) is 2.09. The third-order valence-corrected chi connectivity index (χ3v) is 7.81. The number of fused-ring (bicyclic) bond motifs is 1. The van der Waals surface area contributed by atoms with Crippen molar-refractivity contribution in [3.05, 3.63) is 0 Å². The van der Waals surface area contributed by atoms with E-state index in [1.165, 1.54) is 0 Å². The second-order valence-corrected chi connectivity index (χ2v) is 10.7. The zero-order valence-electron chi connectivity index (χ0n) is 21.8. The fourth-order valence-corrected chi connectivity index (χ4v) is 5.35. The molecule has 8 unspecified atom stereocenters. The molecular formula is C24H40N4O12. The molecule has 40 heavy (non-hydrogen) atoms. The third-order valence-electron chi connectivity index (χ3n) is 7.81. The SMILES string of the molecule is C#CCCCC(=O)NCC1O[C@H](O[C@@H]2C(N)C[C@@H](N)[C@@H](O[C@@H]3OC(CO)[C@H](O)C4(N)OC34)C2O)C(O)C(O)[C@@H]1O. The summed E-state index contributed by atoms with van der Waals surface area (Å²) in [6.45, 7) is -0.766. The number of carbonyl (C=O) groups is 1. The lowest BCUT2D eigenvalue weighted by Crippen LogP contribution is -2.67. The Bertz CT molecular complexity index is 927. The zero-order valence-corrected chi connectivity index (χ0v) is 21.8. The number of nitrogens with one attached hydrogen (secondary N) is 1. The number of ether oxygens (including phenoxy) is 5. The first-order chi connectivity index (χ1) is 18.9. The molecule has 4 rings (SSSR count). The van der Waals surface area contributed by atoms with E-state index in [0.717, 1.165) is 0 Å². The fraction of sp³-hybridized carbons (Fsp3) is 0.875. The van der Waals surface area contributed by atoms with Crippen molar-refractivity contribution in [1.82, 2.24) is 5.32 Å². The van der Waals surface area contributed by atoms with Crippen molar-refractivity contribution in [2.45, 2.75) is 117 Å². The van der Waals surface area contributed by atoms with Gasteiger partial charge in [-0.2, -0.15) is 0 Å². The van der Waals surface area contributed by atoms with E-state index < -0.39 is 98.0 Å². The monoisotopic (exact) mass is 576 g/mol. The highest BCUT2D eigenvalue weighted by Crippen LogP contribution is 2.45. The van der Waals surface area contributed by atoms with Gasteiger partial charge >= 0.3 is 0 Å². The van der Waals surface area contributed by atoms with Crippen molar-refractivity contribution in [3.8, 4) is 12.3 Å². The van der Waals surface area contributed by atoms with Gasteiger partial charge in [-0.05, 0) is 12.8 Å². The Labute approximate surface area is 230 Å². The molecule has 1 saturated carbocycles. The summed E-state index contributed by atoms with van der Waals surface area (Å²) in [6, 6.07) is -1.66. The lowest BCUT2D eigenvalue weighted by atomic mass is 9.84. The van der Waals surface area contributed by atoms with Gasteiger partial charge in [-0.25, -0.2) is 0 Å². The highest BCUT2D eigenvalue weighted by molar-refractivity contribution is 5.75. The Balaban J connectivity index is 1.39. The van der Waals surface area contributed by atoms with Crippen LogP contribution in [0, 0.1) is 12.3 Å². The number of carbonyl (C=O) groups excluding carboxylic acids is 1. The quantitative estimate of drug-likeness (QED) is 0.0658. The number of aliphatic hydroxyl groups is 6. The van der Waals surface area contributed by atoms with Crippen LogP contribution < -0.4 is 22.5 Å². The highest BCUT2D eigenvalue weighted by Gasteiger charge is 2.69. The number of epoxide rings is 1. The number of terminal acetylenes is 1. The first-order valence-electron chi connectivity index (χ1n) is 13.2. The van der Waals surface area contributed by atoms with Gasteiger partial charge in [0.25, 0.3) is 0 Å². The summed E-state index contributed by atoms with van der Waals surface area (Å²) < 4.78 is 28.3. The number of aliphatic hydroxyl groups excluding tert-OH is 6. The van der Waals surface area contributed by atoms with E-state index in [0.29, 0.717) is 12.8 Å². The Morgan fingerprint density at radius 3 is 2.23 bits per heavy atom. The number of hydrogen-bond donors (Lipinski definition) is 10. The topological polar surface area (TPSA) is 278 Å². The third kappa shape index (κ3) is 6.28. The number of nitrogens with two attached hydrogens (primary N) is 3. The first-order valence-corrected chi connectivity index (χ1v) is 13.2. The predicted octanol–water partition coefficient (Wildman–Crippen LogP) is -5.96. The van der Waals surface area contributed by atoms with Gasteiger partial charge in [-0.15, -0.1) is 12.3 Å². The lowest BCUT2D eigenvalue weighted by Gasteiger charge is -2.47. The highest BCUT2D eigenvalue weighted by atomic mass is 16.8. The molecule has 3 saturated heterocycles. The molecule has 1 amide bonds. The minimum atomic E-state index is -1.72. The van der Waals surface area contributed by atoms with Gasteiger partial charge in [-0.3, -0.25) is 10.5 Å². The first kappa shape index (κ1) is 31.4. The summed E-state index contributed by atoms with van der Waals surface area (Å²) in [5.41, 5.74) is 16.9. The van der Waals surface area contributed by atoms with Crippen molar-refractivity contribution in [2.24, 2.45) is 17.2 Å². The molecule has 16 nitrogen and oxygen atoms in total. The summed E-state index contributed by atoms with van der Waals surface area (Å²) in [6.07, 6.45) is -9.71. The largest absolute Gasteiger partial charge is 0.394 e. The number of rotatable bonds is 10. The summed E-state index contributed by atoms with van der Waals surface area (Å²) in [5, 5.41) is 64.8. The van der Waals surface area contributed by atoms with Crippen molar-refractivity contribution < 1.29 is 59.1 Å². The average molecular weight is 577 g/mol. The average Bonchev–Trinajstić information content (AvgIpc) is 3.63. The van der Waals surface area contributed by atoms with Crippen LogP contribution in [0.5, 0.6) is 0 Å². The van der Waals surface area contributed by atoms with E-state index in [1.54, 1.807) is 0 Å². The van der Waals surface area contributed by atoms with Crippen LogP contribution in [0.1, 0.15) is 25.7 Å². The summed E-state index contributed by atoms with van der Waals surface area (Å²) >= 11 is 0. The zero-order chi connectivity index (χ0) is 29.4. The molecule has 4 fully saturated rings. The van der Waals surface area contributed by atoms with E-state index in [-0.39, 0.29) is 25.3 Å². The van der Waals surface area contributed by atoms with Crippen LogP contribution in [-0.4, -0.2) is 141 Å². The van der Waals surface area contributed by atoms with Crippen LogP contribution in [0.2, 0.25) is 0 Å². The molecule has 0 spiro atoms. The van der Waals surface area contributed by atoms with Gasteiger partial charge in [0, 0.05) is 31.5 Å². The number of amides is 1. The van der Waals surface area contributed by atoms with E-state index in [1.807, 2.05) is 0 Å². The minimum absolute atomic E-state index is 0.0929. The molecule has 16 heteroatoms. The van der Waals surface area contributed by atoms with E-state index in [9.17, 15) is 35.4 Å². The maximum absolute atomic E-state index is 12.0. The molecule has 0 bridgehead atoms. The van der Waals surface area contributed by atoms with E-state index in [4.69, 9.17) is 47.3 Å². The number of unbranched alkanes of at least 4 members (excludes halogenated alkanes) is 1. The van der Waals surface area contributed by atoms with E-state index >= 15 is 0 Å². The fourth-order valence-electron chi connectivity index (χ4n) is 5.35. The molecule has 0 radical (unpaired) electrons. The van der Waals surface area contributed by atoms with Crippen LogP contribution >= 0.6 is 0 Å². The van der Waals surface area contributed by atoms with E-state index in [2.05, 4.69) is 11.2 Å². The van der Waals surface area contributed by atoms with Crippen molar-refractivity contribution in [2.75, 3.05) is 13.2 Å². The van der Waals surface area contributed by atoms with Gasteiger partial charge in [-0.1, -0.05) is 0 Å². The molecule has 0 aromatic heterocycles. The molecular weight excluding hydrogens is 536 g/mol. The standard InChI is InChI=1S/C24H40N4O12/c1-2-3-4-5-13(30)28-7-11-14(31)15(32)16(33)22(36-11)38-18-9(25)6-10(26)19(17(18)34)39-23-21-24(27,40-21)20(35)12(8-29)37-23/h1,9-12,14-23,29,31-35H,3-8,25-27H2,(H,28,30)/t9?,10-,11?,12?,14-,15?,16?,17?,18-,19-,20+,21?,22-,23+,24?/m1/s1. The van der Waals surface area contributed by atoms with Gasteiger partial charge < -0.3 is 71.1 Å². The summed E-state index contributed by atoms with van der Waals surface area (Å²) in [4.78, 5) is 12.0. The lowest BCUT2D eigenvalue weighted by molar-refractivity contribution is -0.325. The maximum atomic E-state index is 12.0. The van der Waals surface area contributed by atoms with Crippen molar-refractivity contribution in [1.29, 1.82) is 0 Å². The van der Waals surface area contributed by atoms with Gasteiger partial charge in [0.1, 0.15) is 54.9 Å². The normalized spacial score (nSPS) is 48.6. The molecule has 15 atom stereocenters. The Morgan fingerprint density at radius 2 is 1.60 bits per heavy atom. The second kappa shape index (κ2) is 12.8. The molecule has 13 N–H and O–H groups in total. The summed E-state index contributed by atoms with van der Waals surface area (Å²) in [7, 11) is 0. The molecule has 3 aliphatic heterocycles. The predicted molar refractivity (Wildman–Crippen MR) is 132 cm³/mol. The van der Waals surface area contributed by atoms with Gasteiger partial charge in [0.05, 0.1) is 6.61 Å². The second-order valence-electron chi connectivity index (χ2n) is 10.7. The van der Waals surface area contributed by atoms with Crippen LogP contribution in [0.4, 0.5) is 0 Å².